The number of nitrogens with one attached hydrogen (secondary N) is 1. The predicted octanol–water partition coefficient (Wildman–Crippen LogP) is 3.42. The summed E-state index contributed by atoms with van der Waals surface area (Å²) in [7, 11) is 1.58. The van der Waals surface area contributed by atoms with E-state index in [2.05, 4.69) is 20.5 Å². The number of aromatic nitrogens is 4. The number of methoxy groups -OCH3 is 1. The van der Waals surface area contributed by atoms with Gasteiger partial charge < -0.3 is 19.5 Å². The molecule has 0 amide bonds. The SMILES string of the molecule is COc1ncccc1-c1cc2c(n3cnnc13)NCc1c(F)ccc3c1[C@@H](CO3)CO2. The van der Waals surface area contributed by atoms with Gasteiger partial charge in [-0.05, 0) is 30.3 Å². The molecule has 4 aromatic rings. The zero-order valence-corrected chi connectivity index (χ0v) is 16.6. The van der Waals surface area contributed by atoms with Crippen molar-refractivity contribution in [3.05, 3.63) is 59.8 Å². The highest BCUT2D eigenvalue weighted by Crippen LogP contribution is 2.42. The Balaban J connectivity index is 1.53. The lowest BCUT2D eigenvalue weighted by atomic mass is 9.96. The molecular weight excluding hydrogens is 401 g/mol. The summed E-state index contributed by atoms with van der Waals surface area (Å²) in [6.45, 7) is 1.10. The van der Waals surface area contributed by atoms with E-state index in [1.165, 1.54) is 6.07 Å². The average Bonchev–Trinajstić information content (AvgIpc) is 3.45. The quantitative estimate of drug-likeness (QED) is 0.533. The highest BCUT2D eigenvalue weighted by Gasteiger charge is 2.31. The summed E-state index contributed by atoms with van der Waals surface area (Å²) in [5, 5.41) is 11.7. The molecule has 2 aliphatic rings. The van der Waals surface area contributed by atoms with Crippen molar-refractivity contribution in [1.82, 2.24) is 19.6 Å². The Labute approximate surface area is 176 Å². The molecule has 0 aliphatic carbocycles. The number of fused-ring (bicyclic) bond motifs is 3. The zero-order chi connectivity index (χ0) is 20.9. The fourth-order valence-corrected chi connectivity index (χ4v) is 4.34. The fourth-order valence-electron chi connectivity index (χ4n) is 4.34. The summed E-state index contributed by atoms with van der Waals surface area (Å²) in [6, 6.07) is 8.78. The molecule has 156 valence electrons. The Kier molecular flexibility index (Phi) is 3.95. The van der Waals surface area contributed by atoms with Crippen molar-refractivity contribution >= 4 is 11.5 Å². The van der Waals surface area contributed by atoms with Gasteiger partial charge in [0.15, 0.2) is 17.2 Å². The molecule has 0 fully saturated rings. The van der Waals surface area contributed by atoms with Gasteiger partial charge in [0.1, 0.15) is 17.9 Å². The van der Waals surface area contributed by atoms with Crippen molar-refractivity contribution in [3.63, 3.8) is 0 Å². The van der Waals surface area contributed by atoms with Gasteiger partial charge in [-0.25, -0.2) is 9.37 Å². The molecule has 5 heterocycles. The number of hydrogen-bond donors (Lipinski definition) is 1. The summed E-state index contributed by atoms with van der Waals surface area (Å²) in [5.74, 6) is 2.14. The first kappa shape index (κ1) is 17.9. The molecule has 0 spiro atoms. The minimum absolute atomic E-state index is 0.0542. The molecule has 1 atom stereocenters. The van der Waals surface area contributed by atoms with Gasteiger partial charge in [-0.1, -0.05) is 0 Å². The van der Waals surface area contributed by atoms with Crippen LogP contribution in [-0.2, 0) is 6.54 Å². The molecule has 31 heavy (non-hydrogen) atoms. The van der Waals surface area contributed by atoms with Crippen LogP contribution in [0.25, 0.3) is 16.8 Å². The van der Waals surface area contributed by atoms with Crippen LogP contribution in [0.5, 0.6) is 17.4 Å². The summed E-state index contributed by atoms with van der Waals surface area (Å²) in [4.78, 5) is 4.30. The maximum atomic E-state index is 14.7. The second kappa shape index (κ2) is 6.83. The van der Waals surface area contributed by atoms with E-state index in [0.717, 1.165) is 16.7 Å². The van der Waals surface area contributed by atoms with Gasteiger partial charge in [0, 0.05) is 35.0 Å². The van der Waals surface area contributed by atoms with Gasteiger partial charge in [-0.15, -0.1) is 10.2 Å². The minimum atomic E-state index is -0.262. The molecule has 0 saturated carbocycles. The van der Waals surface area contributed by atoms with E-state index in [-0.39, 0.29) is 18.3 Å². The molecule has 0 bridgehead atoms. The Bertz CT molecular complexity index is 1320. The van der Waals surface area contributed by atoms with E-state index in [1.807, 2.05) is 18.2 Å². The van der Waals surface area contributed by atoms with Crippen molar-refractivity contribution in [1.29, 1.82) is 0 Å². The van der Waals surface area contributed by atoms with Crippen LogP contribution in [0.4, 0.5) is 10.2 Å². The van der Waals surface area contributed by atoms with E-state index < -0.39 is 0 Å². The third-order valence-corrected chi connectivity index (χ3v) is 5.77. The summed E-state index contributed by atoms with van der Waals surface area (Å²) in [6.07, 6.45) is 3.28. The van der Waals surface area contributed by atoms with Gasteiger partial charge in [0.05, 0.1) is 26.2 Å². The summed E-state index contributed by atoms with van der Waals surface area (Å²) in [5.41, 5.74) is 3.62. The van der Waals surface area contributed by atoms with Gasteiger partial charge in [0.2, 0.25) is 5.88 Å². The van der Waals surface area contributed by atoms with Crippen molar-refractivity contribution in [2.45, 2.75) is 12.5 Å². The molecule has 9 heteroatoms. The molecule has 2 aliphatic heterocycles. The van der Waals surface area contributed by atoms with Crippen molar-refractivity contribution in [2.24, 2.45) is 0 Å². The number of halogens is 1. The van der Waals surface area contributed by atoms with Gasteiger partial charge in [-0.2, -0.15) is 0 Å². The second-order valence-electron chi connectivity index (χ2n) is 7.47. The Morgan fingerprint density at radius 2 is 2.03 bits per heavy atom. The van der Waals surface area contributed by atoms with Crippen LogP contribution in [0.1, 0.15) is 17.0 Å². The van der Waals surface area contributed by atoms with Crippen molar-refractivity contribution < 1.29 is 18.6 Å². The van der Waals surface area contributed by atoms with Crippen LogP contribution in [0, 0.1) is 5.82 Å². The van der Waals surface area contributed by atoms with Crippen LogP contribution in [-0.4, -0.2) is 39.9 Å². The van der Waals surface area contributed by atoms with E-state index in [4.69, 9.17) is 14.2 Å². The number of benzene rings is 1. The topological polar surface area (TPSA) is 82.8 Å². The third-order valence-electron chi connectivity index (χ3n) is 5.77. The molecule has 1 aromatic carbocycles. The van der Waals surface area contributed by atoms with Crippen LogP contribution in [0.2, 0.25) is 0 Å². The zero-order valence-electron chi connectivity index (χ0n) is 16.6. The highest BCUT2D eigenvalue weighted by atomic mass is 19.1. The minimum Gasteiger partial charge on any atom is -0.493 e. The Morgan fingerprint density at radius 3 is 2.90 bits per heavy atom. The van der Waals surface area contributed by atoms with Crippen LogP contribution in [0.15, 0.2) is 42.9 Å². The first-order chi connectivity index (χ1) is 15.2. The average molecular weight is 419 g/mol. The standard InChI is InChI=1S/C22H18FN5O3/c1-29-22-13(3-2-6-24-22)14-7-18-21(28-11-26-27-20(14)28)25-8-15-16(23)4-5-17-19(15)12(9-30-17)10-31-18/h2-7,11-12,25H,8-10H2,1H3/t12-/m0/s1. The lowest BCUT2D eigenvalue weighted by molar-refractivity contribution is 0.249. The normalized spacial score (nSPS) is 16.8. The van der Waals surface area contributed by atoms with Gasteiger partial charge >= 0.3 is 0 Å². The number of anilines is 1. The van der Waals surface area contributed by atoms with Crippen LogP contribution < -0.4 is 19.5 Å². The Morgan fingerprint density at radius 1 is 1.16 bits per heavy atom. The maximum Gasteiger partial charge on any atom is 0.221 e. The molecular formula is C22H18FN5O3. The van der Waals surface area contributed by atoms with E-state index in [1.54, 1.807) is 30.1 Å². The van der Waals surface area contributed by atoms with E-state index >= 15 is 0 Å². The molecule has 1 N–H and O–H groups in total. The molecule has 8 nitrogen and oxygen atoms in total. The lowest BCUT2D eigenvalue weighted by Gasteiger charge is -2.17. The molecule has 0 radical (unpaired) electrons. The van der Waals surface area contributed by atoms with E-state index in [0.29, 0.717) is 47.6 Å². The third kappa shape index (κ3) is 2.69. The van der Waals surface area contributed by atoms with Crippen molar-refractivity contribution in [3.8, 4) is 28.5 Å². The number of hydrogen-bond acceptors (Lipinski definition) is 7. The fraction of sp³-hybridized carbons (Fsp3) is 0.227. The number of rotatable bonds is 2. The maximum absolute atomic E-state index is 14.7. The molecule has 0 saturated heterocycles. The highest BCUT2D eigenvalue weighted by molar-refractivity contribution is 5.84. The van der Waals surface area contributed by atoms with Gasteiger partial charge in [-0.3, -0.25) is 4.40 Å². The van der Waals surface area contributed by atoms with Crippen LogP contribution >= 0.6 is 0 Å². The second-order valence-corrected chi connectivity index (χ2v) is 7.47. The first-order valence-electron chi connectivity index (χ1n) is 9.91. The molecule has 6 rings (SSSR count). The number of nitrogens with zero attached hydrogens (tertiary/aromatic N) is 4. The van der Waals surface area contributed by atoms with Crippen LogP contribution in [0.3, 0.4) is 0 Å². The molecule has 3 aromatic heterocycles. The molecule has 0 unspecified atom stereocenters. The first-order valence-corrected chi connectivity index (χ1v) is 9.91. The summed E-state index contributed by atoms with van der Waals surface area (Å²) >= 11 is 0. The lowest BCUT2D eigenvalue weighted by Crippen LogP contribution is -2.13. The Hall–Kier alpha value is -3.88. The van der Waals surface area contributed by atoms with Gasteiger partial charge in [0.25, 0.3) is 0 Å². The summed E-state index contributed by atoms with van der Waals surface area (Å²) < 4.78 is 34.0. The monoisotopic (exact) mass is 419 g/mol. The number of ether oxygens (including phenoxy) is 3. The predicted molar refractivity (Wildman–Crippen MR) is 110 cm³/mol. The smallest absolute Gasteiger partial charge is 0.221 e. The van der Waals surface area contributed by atoms with Crippen molar-refractivity contribution in [2.75, 3.05) is 25.6 Å². The largest absolute Gasteiger partial charge is 0.493 e. The van der Waals surface area contributed by atoms with E-state index in [9.17, 15) is 4.39 Å². The number of pyridine rings is 2.